The summed E-state index contributed by atoms with van der Waals surface area (Å²) in [7, 11) is 3.20. The zero-order valence-corrected chi connectivity index (χ0v) is 15.5. The van der Waals surface area contributed by atoms with E-state index in [-0.39, 0.29) is 12.1 Å². The highest BCUT2D eigenvalue weighted by Gasteiger charge is 2.33. The van der Waals surface area contributed by atoms with Crippen LogP contribution in [0.1, 0.15) is 11.1 Å². The first kappa shape index (κ1) is 18.2. The summed E-state index contributed by atoms with van der Waals surface area (Å²) in [5, 5.41) is 0.500. The van der Waals surface area contributed by atoms with E-state index in [1.807, 2.05) is 24.3 Å². The van der Waals surface area contributed by atoms with E-state index in [9.17, 15) is 4.79 Å². The third kappa shape index (κ3) is 3.80. The summed E-state index contributed by atoms with van der Waals surface area (Å²) in [5.41, 5.74) is 8.29. The molecule has 0 aliphatic carbocycles. The average molecular weight is 377 g/mol. The van der Waals surface area contributed by atoms with Gasteiger partial charge in [0.15, 0.2) is 11.5 Å². The molecule has 26 heavy (non-hydrogen) atoms. The van der Waals surface area contributed by atoms with Crippen LogP contribution in [0.4, 0.5) is 10.5 Å². The first-order chi connectivity index (χ1) is 12.5. The zero-order chi connectivity index (χ0) is 18.7. The maximum Gasteiger partial charge on any atom is 0.410 e. The Bertz CT molecular complexity index is 812. The van der Waals surface area contributed by atoms with Crippen LogP contribution >= 0.6 is 11.6 Å². The molecule has 138 valence electrons. The lowest BCUT2D eigenvalue weighted by atomic mass is 10.0. The van der Waals surface area contributed by atoms with Crippen LogP contribution < -0.4 is 15.2 Å². The molecule has 0 bridgehead atoms. The van der Waals surface area contributed by atoms with Crippen molar-refractivity contribution in [3.63, 3.8) is 0 Å². The minimum Gasteiger partial charge on any atom is -0.493 e. The normalized spacial score (nSPS) is 16.5. The lowest BCUT2D eigenvalue weighted by molar-refractivity contribution is 0.156. The molecule has 7 heteroatoms. The molecule has 0 radical (unpaired) electrons. The van der Waals surface area contributed by atoms with Gasteiger partial charge in [0.1, 0.15) is 6.61 Å². The van der Waals surface area contributed by atoms with Gasteiger partial charge in [0.25, 0.3) is 0 Å². The smallest absolute Gasteiger partial charge is 0.410 e. The fourth-order valence-electron chi connectivity index (χ4n) is 3.02. The van der Waals surface area contributed by atoms with Gasteiger partial charge >= 0.3 is 6.09 Å². The molecule has 1 unspecified atom stereocenters. The molecule has 1 fully saturated rings. The van der Waals surface area contributed by atoms with Crippen molar-refractivity contribution in [2.45, 2.75) is 19.0 Å². The van der Waals surface area contributed by atoms with Crippen LogP contribution in [-0.2, 0) is 17.7 Å². The fraction of sp³-hybridized carbons (Fsp3) is 0.316. The number of carbonyl (C=O) groups excluding carboxylic acids is 1. The number of ether oxygens (including phenoxy) is 3. The Balaban J connectivity index is 1.76. The SMILES string of the molecule is COc1ccc(CC2COC(=O)N2Cc2ccc(Cl)c(N)c2)cc1OC. The maximum absolute atomic E-state index is 12.2. The van der Waals surface area contributed by atoms with Gasteiger partial charge in [-0.3, -0.25) is 4.90 Å². The Kier molecular flexibility index (Phi) is 5.42. The van der Waals surface area contributed by atoms with Gasteiger partial charge in [-0.1, -0.05) is 23.7 Å². The highest BCUT2D eigenvalue weighted by Crippen LogP contribution is 2.29. The number of nitrogens with two attached hydrogens (primary N) is 1. The van der Waals surface area contributed by atoms with E-state index < -0.39 is 0 Å². The number of benzene rings is 2. The topological polar surface area (TPSA) is 74.0 Å². The Morgan fingerprint density at radius 1 is 1.15 bits per heavy atom. The third-order valence-electron chi connectivity index (χ3n) is 4.41. The van der Waals surface area contributed by atoms with Crippen LogP contribution in [0.15, 0.2) is 36.4 Å². The summed E-state index contributed by atoms with van der Waals surface area (Å²) in [6.45, 7) is 0.758. The van der Waals surface area contributed by atoms with E-state index in [1.54, 1.807) is 31.3 Å². The van der Waals surface area contributed by atoms with E-state index in [4.69, 9.17) is 31.5 Å². The summed E-state index contributed by atoms with van der Waals surface area (Å²) in [4.78, 5) is 13.9. The molecule has 2 aromatic carbocycles. The minimum absolute atomic E-state index is 0.0718. The zero-order valence-electron chi connectivity index (χ0n) is 14.7. The van der Waals surface area contributed by atoms with Gasteiger partial charge in [-0.05, 0) is 41.8 Å². The molecule has 0 saturated carbocycles. The van der Waals surface area contributed by atoms with Gasteiger partial charge in [0.05, 0.1) is 31.0 Å². The van der Waals surface area contributed by atoms with Gasteiger partial charge in [0, 0.05) is 6.54 Å². The first-order valence-electron chi connectivity index (χ1n) is 8.20. The molecule has 1 atom stereocenters. The Hall–Kier alpha value is -2.60. The van der Waals surface area contributed by atoms with E-state index >= 15 is 0 Å². The molecule has 1 aliphatic heterocycles. The largest absolute Gasteiger partial charge is 0.493 e. The van der Waals surface area contributed by atoms with E-state index in [0.717, 1.165) is 11.1 Å². The second kappa shape index (κ2) is 7.74. The number of carbonyl (C=O) groups is 1. The third-order valence-corrected chi connectivity index (χ3v) is 4.75. The highest BCUT2D eigenvalue weighted by molar-refractivity contribution is 6.33. The van der Waals surface area contributed by atoms with Gasteiger partial charge in [-0.15, -0.1) is 0 Å². The van der Waals surface area contributed by atoms with Crippen molar-refractivity contribution >= 4 is 23.4 Å². The number of rotatable bonds is 6. The number of amides is 1. The number of hydrogen-bond acceptors (Lipinski definition) is 5. The van der Waals surface area contributed by atoms with Gasteiger partial charge in [0.2, 0.25) is 0 Å². The van der Waals surface area contributed by atoms with Gasteiger partial charge in [-0.25, -0.2) is 4.79 Å². The molecule has 1 saturated heterocycles. The lowest BCUT2D eigenvalue weighted by Crippen LogP contribution is -2.34. The quantitative estimate of drug-likeness (QED) is 0.781. The van der Waals surface area contributed by atoms with Crippen LogP contribution in [0.5, 0.6) is 11.5 Å². The second-order valence-electron chi connectivity index (χ2n) is 6.11. The summed E-state index contributed by atoms with van der Waals surface area (Å²) < 4.78 is 15.9. The summed E-state index contributed by atoms with van der Waals surface area (Å²) in [6.07, 6.45) is 0.318. The second-order valence-corrected chi connectivity index (χ2v) is 6.52. The molecule has 1 heterocycles. The van der Waals surface area contributed by atoms with Crippen LogP contribution in [0.3, 0.4) is 0 Å². The minimum atomic E-state index is -0.330. The lowest BCUT2D eigenvalue weighted by Gasteiger charge is -2.22. The molecule has 1 aliphatic rings. The molecule has 0 aromatic heterocycles. The van der Waals surface area contributed by atoms with Crippen LogP contribution in [0.25, 0.3) is 0 Å². The van der Waals surface area contributed by atoms with Crippen molar-refractivity contribution in [3.8, 4) is 11.5 Å². The Morgan fingerprint density at radius 3 is 2.58 bits per heavy atom. The number of hydrogen-bond donors (Lipinski definition) is 1. The number of halogens is 1. The number of anilines is 1. The number of nitrogens with zero attached hydrogens (tertiary/aromatic N) is 1. The molecule has 1 amide bonds. The van der Waals surface area contributed by atoms with E-state index in [1.165, 1.54) is 0 Å². The molecular weight excluding hydrogens is 356 g/mol. The summed E-state index contributed by atoms with van der Waals surface area (Å²) in [6, 6.07) is 11.0. The van der Waals surface area contributed by atoms with Crippen molar-refractivity contribution in [1.82, 2.24) is 4.90 Å². The van der Waals surface area contributed by atoms with Crippen LogP contribution in [0.2, 0.25) is 5.02 Å². The molecule has 2 N–H and O–H groups in total. The van der Waals surface area contributed by atoms with Gasteiger partial charge < -0.3 is 19.9 Å². The highest BCUT2D eigenvalue weighted by atomic mass is 35.5. The fourth-order valence-corrected chi connectivity index (χ4v) is 3.14. The van der Waals surface area contributed by atoms with Crippen molar-refractivity contribution in [2.24, 2.45) is 0 Å². The summed E-state index contributed by atoms with van der Waals surface area (Å²) in [5.74, 6) is 1.33. The first-order valence-corrected chi connectivity index (χ1v) is 8.57. The molecule has 2 aromatic rings. The number of nitrogen functional groups attached to an aromatic ring is 1. The van der Waals surface area contributed by atoms with Gasteiger partial charge in [-0.2, -0.15) is 0 Å². The predicted octanol–water partition coefficient (Wildman–Crippen LogP) is 3.50. The van der Waals surface area contributed by atoms with E-state index in [2.05, 4.69) is 0 Å². The Labute approximate surface area is 157 Å². The van der Waals surface area contributed by atoms with Crippen LogP contribution in [-0.4, -0.2) is 37.9 Å². The number of methoxy groups -OCH3 is 2. The van der Waals surface area contributed by atoms with Crippen molar-refractivity contribution in [1.29, 1.82) is 0 Å². The molecular formula is C19H21ClN2O4. The van der Waals surface area contributed by atoms with Crippen LogP contribution in [0, 0.1) is 0 Å². The molecule has 3 rings (SSSR count). The summed E-state index contributed by atoms with van der Waals surface area (Å²) >= 11 is 5.96. The monoisotopic (exact) mass is 376 g/mol. The standard InChI is InChI=1S/C19H21ClN2O4/c1-24-17-6-4-12(9-18(17)25-2)7-14-11-26-19(23)22(14)10-13-3-5-15(20)16(21)8-13/h3-6,8-9,14H,7,10-11,21H2,1-2H3. The van der Waals surface area contributed by atoms with Crippen molar-refractivity contribution in [3.05, 3.63) is 52.5 Å². The maximum atomic E-state index is 12.2. The Morgan fingerprint density at radius 2 is 1.88 bits per heavy atom. The van der Waals surface area contributed by atoms with Crippen molar-refractivity contribution < 1.29 is 19.0 Å². The molecule has 0 spiro atoms. The number of cyclic esters (lactones) is 1. The van der Waals surface area contributed by atoms with E-state index in [0.29, 0.717) is 41.8 Å². The molecule has 6 nitrogen and oxygen atoms in total. The van der Waals surface area contributed by atoms with Crippen molar-refractivity contribution in [2.75, 3.05) is 26.6 Å². The average Bonchev–Trinajstić information content (AvgIpc) is 2.98. The predicted molar refractivity (Wildman–Crippen MR) is 99.8 cm³/mol.